The number of rotatable bonds is 6. The van der Waals surface area contributed by atoms with Gasteiger partial charge in [-0.15, -0.1) is 0 Å². The first-order valence-corrected chi connectivity index (χ1v) is 9.91. The lowest BCUT2D eigenvalue weighted by atomic mass is 10.1. The van der Waals surface area contributed by atoms with Crippen molar-refractivity contribution in [1.29, 1.82) is 0 Å². The fourth-order valence-corrected chi connectivity index (χ4v) is 3.65. The lowest BCUT2D eigenvalue weighted by Crippen LogP contribution is -2.35. The van der Waals surface area contributed by atoms with Crippen molar-refractivity contribution in [3.8, 4) is 0 Å². The number of anilines is 2. The van der Waals surface area contributed by atoms with Crippen LogP contribution in [-0.4, -0.2) is 34.2 Å². The SMILES string of the molecule is Cc1cc(C)cc(N(CCC(=O)N(C)c2ccccc2)S(C)(=O)=O)c1. The smallest absolute Gasteiger partial charge is 0.232 e. The standard InChI is InChI=1S/C19H24N2O3S/c1-15-12-16(2)14-18(13-15)21(25(4,23)24)11-10-19(22)20(3)17-8-6-5-7-9-17/h5-9,12-14H,10-11H2,1-4H3. The van der Waals surface area contributed by atoms with Crippen molar-refractivity contribution >= 4 is 27.3 Å². The monoisotopic (exact) mass is 360 g/mol. The summed E-state index contributed by atoms with van der Waals surface area (Å²) in [5, 5.41) is 0. The predicted molar refractivity (Wildman–Crippen MR) is 103 cm³/mol. The van der Waals surface area contributed by atoms with Crippen molar-refractivity contribution in [2.75, 3.05) is 29.1 Å². The van der Waals surface area contributed by atoms with Gasteiger partial charge >= 0.3 is 0 Å². The van der Waals surface area contributed by atoms with Gasteiger partial charge in [0.05, 0.1) is 11.9 Å². The third-order valence-electron chi connectivity index (χ3n) is 3.94. The topological polar surface area (TPSA) is 57.7 Å². The Balaban J connectivity index is 2.17. The highest BCUT2D eigenvalue weighted by Crippen LogP contribution is 2.22. The molecule has 2 aromatic carbocycles. The van der Waals surface area contributed by atoms with E-state index in [1.807, 2.05) is 62.4 Å². The minimum atomic E-state index is -3.47. The van der Waals surface area contributed by atoms with Crippen molar-refractivity contribution < 1.29 is 13.2 Å². The highest BCUT2D eigenvalue weighted by Gasteiger charge is 2.20. The number of sulfonamides is 1. The van der Waals surface area contributed by atoms with Crippen molar-refractivity contribution in [1.82, 2.24) is 0 Å². The second-order valence-electron chi connectivity index (χ2n) is 6.22. The molecule has 0 N–H and O–H groups in total. The fourth-order valence-electron chi connectivity index (χ4n) is 2.74. The van der Waals surface area contributed by atoms with E-state index < -0.39 is 10.0 Å². The Morgan fingerprint density at radius 1 is 0.960 bits per heavy atom. The molecule has 2 rings (SSSR count). The van der Waals surface area contributed by atoms with Crippen molar-refractivity contribution in [3.63, 3.8) is 0 Å². The maximum absolute atomic E-state index is 12.4. The molecule has 0 aliphatic heterocycles. The minimum absolute atomic E-state index is 0.103. The zero-order valence-electron chi connectivity index (χ0n) is 15.1. The molecule has 0 radical (unpaired) electrons. The molecule has 0 unspecified atom stereocenters. The molecule has 0 saturated carbocycles. The molecule has 0 bridgehead atoms. The predicted octanol–water partition coefficient (Wildman–Crippen LogP) is 3.12. The zero-order chi connectivity index (χ0) is 18.6. The number of benzene rings is 2. The van der Waals surface area contributed by atoms with E-state index in [0.717, 1.165) is 23.1 Å². The maximum Gasteiger partial charge on any atom is 0.232 e. The number of hydrogen-bond donors (Lipinski definition) is 0. The summed E-state index contributed by atoms with van der Waals surface area (Å²) in [7, 11) is -1.78. The van der Waals surface area contributed by atoms with Crippen LogP contribution in [0, 0.1) is 13.8 Å². The second-order valence-corrected chi connectivity index (χ2v) is 8.13. The highest BCUT2D eigenvalue weighted by atomic mass is 32.2. The molecule has 6 heteroatoms. The van der Waals surface area contributed by atoms with Gasteiger partial charge in [-0.3, -0.25) is 9.10 Å². The number of aryl methyl sites for hydroxylation is 2. The normalized spacial score (nSPS) is 11.2. The Morgan fingerprint density at radius 3 is 2.04 bits per heavy atom. The van der Waals surface area contributed by atoms with Crippen LogP contribution in [0.3, 0.4) is 0 Å². The number of nitrogens with zero attached hydrogens (tertiary/aromatic N) is 2. The molecule has 0 heterocycles. The number of para-hydroxylation sites is 1. The van der Waals surface area contributed by atoms with E-state index in [2.05, 4.69) is 0 Å². The average Bonchev–Trinajstić information content (AvgIpc) is 2.52. The van der Waals surface area contributed by atoms with Crippen LogP contribution in [0.2, 0.25) is 0 Å². The Bertz CT molecular complexity index is 828. The van der Waals surface area contributed by atoms with Crippen molar-refractivity contribution in [3.05, 3.63) is 59.7 Å². The largest absolute Gasteiger partial charge is 0.315 e. The van der Waals surface area contributed by atoms with E-state index >= 15 is 0 Å². The summed E-state index contributed by atoms with van der Waals surface area (Å²) in [5.74, 6) is -0.135. The lowest BCUT2D eigenvalue weighted by Gasteiger charge is -2.24. The Labute approximate surface area is 149 Å². The van der Waals surface area contributed by atoms with Crippen LogP contribution in [0.5, 0.6) is 0 Å². The van der Waals surface area contributed by atoms with Gasteiger partial charge in [-0.1, -0.05) is 24.3 Å². The van der Waals surface area contributed by atoms with Crippen molar-refractivity contribution in [2.24, 2.45) is 0 Å². The molecule has 25 heavy (non-hydrogen) atoms. The van der Waals surface area contributed by atoms with Crippen LogP contribution in [0.25, 0.3) is 0 Å². The quantitative estimate of drug-likeness (QED) is 0.795. The summed E-state index contributed by atoms with van der Waals surface area (Å²) < 4.78 is 25.7. The maximum atomic E-state index is 12.4. The highest BCUT2D eigenvalue weighted by molar-refractivity contribution is 7.92. The Kier molecular flexibility index (Phi) is 5.85. The van der Waals surface area contributed by atoms with Gasteiger partial charge in [0, 0.05) is 25.7 Å². The Hall–Kier alpha value is -2.34. The van der Waals surface area contributed by atoms with Crippen LogP contribution in [-0.2, 0) is 14.8 Å². The number of amides is 1. The first kappa shape index (κ1) is 19.0. The van der Waals surface area contributed by atoms with Gasteiger partial charge < -0.3 is 4.90 Å². The Morgan fingerprint density at radius 2 is 1.52 bits per heavy atom. The average molecular weight is 360 g/mol. The molecule has 0 aliphatic rings. The van der Waals surface area contributed by atoms with E-state index in [1.165, 1.54) is 4.31 Å². The summed E-state index contributed by atoms with van der Waals surface area (Å²) >= 11 is 0. The summed E-state index contributed by atoms with van der Waals surface area (Å²) in [6.45, 7) is 3.95. The molecular formula is C19H24N2O3S. The van der Waals surface area contributed by atoms with Crippen molar-refractivity contribution in [2.45, 2.75) is 20.3 Å². The first-order valence-electron chi connectivity index (χ1n) is 8.06. The molecule has 2 aromatic rings. The zero-order valence-corrected chi connectivity index (χ0v) is 15.9. The molecule has 5 nitrogen and oxygen atoms in total. The minimum Gasteiger partial charge on any atom is -0.315 e. The molecule has 0 fully saturated rings. The molecule has 0 aromatic heterocycles. The van der Waals surface area contributed by atoms with Gasteiger partial charge in [0.25, 0.3) is 0 Å². The third-order valence-corrected chi connectivity index (χ3v) is 5.14. The van der Waals surface area contributed by atoms with Gasteiger partial charge in [0.2, 0.25) is 15.9 Å². The first-order chi connectivity index (χ1) is 11.7. The molecule has 0 spiro atoms. The summed E-state index contributed by atoms with van der Waals surface area (Å²) in [6, 6.07) is 14.9. The van der Waals surface area contributed by atoms with E-state index in [4.69, 9.17) is 0 Å². The fraction of sp³-hybridized carbons (Fsp3) is 0.316. The molecule has 134 valence electrons. The molecule has 0 aliphatic carbocycles. The van der Waals surface area contributed by atoms with Gasteiger partial charge in [0.15, 0.2) is 0 Å². The van der Waals surface area contributed by atoms with E-state index in [1.54, 1.807) is 11.9 Å². The van der Waals surface area contributed by atoms with E-state index in [9.17, 15) is 13.2 Å². The van der Waals surface area contributed by atoms with Gasteiger partial charge in [-0.25, -0.2) is 8.42 Å². The van der Waals surface area contributed by atoms with Crippen LogP contribution in [0.4, 0.5) is 11.4 Å². The molecule has 0 atom stereocenters. The van der Waals surface area contributed by atoms with Gasteiger partial charge in [-0.2, -0.15) is 0 Å². The van der Waals surface area contributed by atoms with E-state index in [0.29, 0.717) is 5.69 Å². The second kappa shape index (κ2) is 7.70. The molecule has 1 amide bonds. The van der Waals surface area contributed by atoms with Crippen LogP contribution < -0.4 is 9.21 Å². The van der Waals surface area contributed by atoms with Crippen LogP contribution >= 0.6 is 0 Å². The van der Waals surface area contributed by atoms with E-state index in [-0.39, 0.29) is 18.9 Å². The summed E-state index contributed by atoms with van der Waals surface area (Å²) in [5.41, 5.74) is 3.34. The third kappa shape index (κ3) is 5.06. The van der Waals surface area contributed by atoms with Crippen LogP contribution in [0.1, 0.15) is 17.5 Å². The molecular weight excluding hydrogens is 336 g/mol. The number of hydrogen-bond acceptors (Lipinski definition) is 3. The van der Waals surface area contributed by atoms with Gasteiger partial charge in [0.1, 0.15) is 0 Å². The number of carbonyl (C=O) groups is 1. The summed E-state index contributed by atoms with van der Waals surface area (Å²) in [6.07, 6.45) is 1.27. The lowest BCUT2D eigenvalue weighted by molar-refractivity contribution is -0.118. The summed E-state index contributed by atoms with van der Waals surface area (Å²) in [4.78, 5) is 14.0. The molecule has 0 saturated heterocycles. The van der Waals surface area contributed by atoms with Gasteiger partial charge in [-0.05, 0) is 49.2 Å². The number of carbonyl (C=O) groups excluding carboxylic acids is 1. The van der Waals surface area contributed by atoms with Crippen LogP contribution in [0.15, 0.2) is 48.5 Å².